The average Bonchev–Trinajstić information content (AvgIpc) is 3.23. The van der Waals surface area contributed by atoms with Crippen molar-refractivity contribution in [3.05, 3.63) is 56.2 Å². The van der Waals surface area contributed by atoms with Crippen LogP contribution in [0.15, 0.2) is 40.2 Å². The summed E-state index contributed by atoms with van der Waals surface area (Å²) in [6, 6.07) is 10.8. The van der Waals surface area contributed by atoms with Gasteiger partial charge in [0.2, 0.25) is 5.91 Å². The van der Waals surface area contributed by atoms with Gasteiger partial charge in [0.15, 0.2) is 16.1 Å². The molecule has 1 N–H and O–H groups in total. The van der Waals surface area contributed by atoms with Crippen molar-refractivity contribution >= 4 is 48.9 Å². The topological polar surface area (TPSA) is 102 Å². The van der Waals surface area contributed by atoms with Gasteiger partial charge in [0.25, 0.3) is 5.91 Å². The normalized spacial score (nSPS) is 24.5. The van der Waals surface area contributed by atoms with Gasteiger partial charge in [-0.1, -0.05) is 18.2 Å². The molecule has 2 aliphatic rings. The smallest absolute Gasteiger partial charge is 0.254 e. The summed E-state index contributed by atoms with van der Waals surface area (Å²) in [5.74, 6) is -0.977. The van der Waals surface area contributed by atoms with Crippen LogP contribution in [0.5, 0.6) is 0 Å². The SMILES string of the molecule is Cc1ccccc1C(=O)N1CCC(CC(=O)NOC2CCCCO2)(c2ccc(Br)s2)S(=O)(=O)CC1. The lowest BCUT2D eigenvalue weighted by atomic mass is 9.97. The molecule has 2 amide bonds. The molecule has 4 rings (SSSR count). The largest absolute Gasteiger partial charge is 0.350 e. The monoisotopic (exact) mass is 584 g/mol. The van der Waals surface area contributed by atoms with Crippen molar-refractivity contribution in [1.29, 1.82) is 0 Å². The molecular formula is C24H29BrN2O6S2. The first-order valence-electron chi connectivity index (χ1n) is 11.6. The van der Waals surface area contributed by atoms with Gasteiger partial charge >= 0.3 is 0 Å². The van der Waals surface area contributed by atoms with Crippen LogP contribution in [0.2, 0.25) is 0 Å². The van der Waals surface area contributed by atoms with Crippen molar-refractivity contribution in [3.63, 3.8) is 0 Å². The lowest BCUT2D eigenvalue weighted by Crippen LogP contribution is -2.43. The molecule has 0 spiro atoms. The number of benzene rings is 1. The minimum atomic E-state index is -3.81. The molecule has 35 heavy (non-hydrogen) atoms. The molecule has 1 aromatic carbocycles. The molecule has 0 saturated carbocycles. The molecule has 2 saturated heterocycles. The Morgan fingerprint density at radius 1 is 1.23 bits per heavy atom. The fourth-order valence-electron chi connectivity index (χ4n) is 4.55. The van der Waals surface area contributed by atoms with Crippen molar-refractivity contribution in [2.24, 2.45) is 0 Å². The molecule has 11 heteroatoms. The summed E-state index contributed by atoms with van der Waals surface area (Å²) in [4.78, 5) is 33.8. The predicted octanol–water partition coefficient (Wildman–Crippen LogP) is 3.94. The first-order chi connectivity index (χ1) is 16.7. The quantitative estimate of drug-likeness (QED) is 0.516. The second-order valence-corrected chi connectivity index (χ2v) is 13.8. The number of halogens is 1. The zero-order chi connectivity index (χ0) is 25.1. The molecular weight excluding hydrogens is 556 g/mol. The molecule has 3 heterocycles. The van der Waals surface area contributed by atoms with Crippen molar-refractivity contribution in [2.45, 2.75) is 50.1 Å². The van der Waals surface area contributed by atoms with Crippen LogP contribution in [-0.4, -0.2) is 56.9 Å². The Morgan fingerprint density at radius 2 is 2.03 bits per heavy atom. The number of amides is 2. The molecule has 0 bridgehead atoms. The Balaban J connectivity index is 1.58. The number of ether oxygens (including phenoxy) is 1. The van der Waals surface area contributed by atoms with Gasteiger partial charge in [-0.25, -0.2) is 18.7 Å². The van der Waals surface area contributed by atoms with Crippen LogP contribution in [0.3, 0.4) is 0 Å². The van der Waals surface area contributed by atoms with Crippen LogP contribution < -0.4 is 5.48 Å². The molecule has 2 fully saturated rings. The van der Waals surface area contributed by atoms with Crippen LogP contribution in [0.4, 0.5) is 0 Å². The van der Waals surface area contributed by atoms with Crippen LogP contribution in [0.25, 0.3) is 0 Å². The highest BCUT2D eigenvalue weighted by Gasteiger charge is 2.50. The summed E-state index contributed by atoms with van der Waals surface area (Å²) >= 11 is 4.71. The minimum absolute atomic E-state index is 0.0673. The summed E-state index contributed by atoms with van der Waals surface area (Å²) in [5.41, 5.74) is 3.79. The molecule has 0 aliphatic carbocycles. The van der Waals surface area contributed by atoms with Gasteiger partial charge in [0.05, 0.1) is 16.0 Å². The number of thiophene rings is 1. The van der Waals surface area contributed by atoms with E-state index in [4.69, 9.17) is 9.57 Å². The van der Waals surface area contributed by atoms with E-state index in [0.29, 0.717) is 23.5 Å². The van der Waals surface area contributed by atoms with E-state index >= 15 is 0 Å². The Morgan fingerprint density at radius 3 is 2.71 bits per heavy atom. The summed E-state index contributed by atoms with van der Waals surface area (Å²) in [5, 5.41) is 0. The molecule has 2 aliphatic heterocycles. The summed E-state index contributed by atoms with van der Waals surface area (Å²) < 4.78 is 32.3. The Bertz CT molecular complexity index is 1180. The van der Waals surface area contributed by atoms with Crippen molar-refractivity contribution in [2.75, 3.05) is 25.4 Å². The van der Waals surface area contributed by atoms with Crippen LogP contribution >= 0.6 is 27.3 Å². The highest BCUT2D eigenvalue weighted by Crippen LogP contribution is 2.44. The first-order valence-corrected chi connectivity index (χ1v) is 14.9. The van der Waals surface area contributed by atoms with Crippen molar-refractivity contribution in [3.8, 4) is 0 Å². The highest BCUT2D eigenvalue weighted by atomic mass is 79.9. The fraction of sp³-hybridized carbons (Fsp3) is 0.500. The number of hydrogen-bond acceptors (Lipinski definition) is 7. The van der Waals surface area contributed by atoms with E-state index in [0.717, 1.165) is 22.2 Å². The molecule has 2 atom stereocenters. The van der Waals surface area contributed by atoms with Gasteiger partial charge in [-0.3, -0.25) is 9.59 Å². The molecule has 2 aromatic rings. The maximum atomic E-state index is 13.8. The van der Waals surface area contributed by atoms with Crippen LogP contribution in [-0.2, 0) is 29.0 Å². The minimum Gasteiger partial charge on any atom is -0.350 e. The zero-order valence-electron chi connectivity index (χ0n) is 19.5. The van der Waals surface area contributed by atoms with Crippen molar-refractivity contribution < 1.29 is 27.6 Å². The predicted molar refractivity (Wildman–Crippen MR) is 137 cm³/mol. The third-order valence-electron chi connectivity index (χ3n) is 6.58. The van der Waals surface area contributed by atoms with Gasteiger partial charge in [-0.05, 0) is 65.9 Å². The number of nitrogens with zero attached hydrogens (tertiary/aromatic N) is 1. The maximum absolute atomic E-state index is 13.8. The lowest BCUT2D eigenvalue weighted by Gasteiger charge is -2.31. The number of aryl methyl sites for hydroxylation is 1. The number of hydroxylamine groups is 1. The molecule has 0 radical (unpaired) electrons. The third kappa shape index (κ3) is 5.80. The second kappa shape index (κ2) is 11.1. The molecule has 190 valence electrons. The number of carbonyl (C=O) groups excluding carboxylic acids is 2. The van der Waals surface area contributed by atoms with E-state index in [1.165, 1.54) is 11.3 Å². The van der Waals surface area contributed by atoms with Crippen LogP contribution in [0.1, 0.15) is 52.9 Å². The molecule has 2 unspecified atom stereocenters. The Labute approximate surface area is 218 Å². The second-order valence-electron chi connectivity index (χ2n) is 8.89. The van der Waals surface area contributed by atoms with E-state index in [1.54, 1.807) is 29.2 Å². The number of nitrogens with one attached hydrogen (secondary N) is 1. The van der Waals surface area contributed by atoms with Gasteiger partial charge in [0, 0.05) is 36.6 Å². The standard InChI is InChI=1S/C24H29BrN2O6S2/c1-17-6-2-3-7-18(17)23(29)27-12-11-24(35(30,31)15-13-27,19-9-10-20(25)34-19)16-21(28)26-33-22-8-4-5-14-32-22/h2-3,6-7,9-10,22H,4-5,8,11-16H2,1H3,(H,26,28). The third-order valence-corrected chi connectivity index (χ3v) is 11.0. The number of rotatable bonds is 6. The molecule has 8 nitrogen and oxygen atoms in total. The lowest BCUT2D eigenvalue weighted by molar-refractivity contribution is -0.200. The van der Waals surface area contributed by atoms with Gasteiger partial charge in [0.1, 0.15) is 4.75 Å². The summed E-state index contributed by atoms with van der Waals surface area (Å²) in [6.07, 6.45) is 1.81. The van der Waals surface area contributed by atoms with E-state index in [9.17, 15) is 18.0 Å². The number of carbonyl (C=O) groups is 2. The van der Waals surface area contributed by atoms with Crippen molar-refractivity contribution in [1.82, 2.24) is 10.4 Å². The van der Waals surface area contributed by atoms with Gasteiger partial charge in [-0.2, -0.15) is 0 Å². The van der Waals surface area contributed by atoms with Crippen LogP contribution in [0, 0.1) is 6.92 Å². The number of hydrogen-bond donors (Lipinski definition) is 1. The fourth-order valence-corrected chi connectivity index (χ4v) is 8.53. The summed E-state index contributed by atoms with van der Waals surface area (Å²) in [6.45, 7) is 2.70. The van der Waals surface area contributed by atoms with E-state index < -0.39 is 26.8 Å². The average molecular weight is 586 g/mol. The maximum Gasteiger partial charge on any atom is 0.254 e. The van der Waals surface area contributed by atoms with E-state index in [1.807, 2.05) is 19.1 Å². The summed E-state index contributed by atoms with van der Waals surface area (Å²) in [7, 11) is -3.81. The van der Waals surface area contributed by atoms with Gasteiger partial charge < -0.3 is 9.64 Å². The molecule has 1 aromatic heterocycles. The Hall–Kier alpha value is -1.79. The van der Waals surface area contributed by atoms with Gasteiger partial charge in [-0.15, -0.1) is 11.3 Å². The number of sulfone groups is 1. The zero-order valence-corrected chi connectivity index (χ0v) is 22.7. The van der Waals surface area contributed by atoms with E-state index in [2.05, 4.69) is 21.4 Å². The Kier molecular flexibility index (Phi) is 8.32. The highest BCUT2D eigenvalue weighted by molar-refractivity contribution is 9.11. The van der Waals surface area contributed by atoms with E-state index in [-0.39, 0.29) is 37.6 Å². The first kappa shape index (κ1) is 26.3.